The molecule has 0 bridgehead atoms. The van der Waals surface area contributed by atoms with Crippen LogP contribution in [0.15, 0.2) is 42.5 Å². The van der Waals surface area contributed by atoms with Crippen molar-refractivity contribution in [3.05, 3.63) is 48.0 Å². The van der Waals surface area contributed by atoms with E-state index >= 15 is 0 Å². The van der Waals surface area contributed by atoms with Gasteiger partial charge in [-0.3, -0.25) is 14.4 Å². The van der Waals surface area contributed by atoms with Crippen LogP contribution in [0.25, 0.3) is 0 Å². The van der Waals surface area contributed by atoms with Crippen LogP contribution in [0.1, 0.15) is 37.0 Å². The third-order valence-electron chi connectivity index (χ3n) is 5.74. The number of anilines is 1. The van der Waals surface area contributed by atoms with Crippen LogP contribution in [0, 0.1) is 5.92 Å². The van der Waals surface area contributed by atoms with Crippen LogP contribution in [-0.2, 0) is 9.59 Å². The molecule has 32 heavy (non-hydrogen) atoms. The summed E-state index contributed by atoms with van der Waals surface area (Å²) in [6.45, 7) is 4.38. The molecule has 0 aliphatic carbocycles. The molecule has 8 nitrogen and oxygen atoms in total. The molecule has 8 heteroatoms. The third-order valence-corrected chi connectivity index (χ3v) is 5.74. The molecular formula is C24H26N2O6. The molecule has 0 saturated carbocycles. The summed E-state index contributed by atoms with van der Waals surface area (Å²) in [5, 5.41) is 2.93. The first-order chi connectivity index (χ1) is 15.4. The van der Waals surface area contributed by atoms with Gasteiger partial charge in [-0.05, 0) is 63.1 Å². The fourth-order valence-corrected chi connectivity index (χ4v) is 3.86. The molecule has 4 rings (SSSR count). The largest absolute Gasteiger partial charge is 0.481 e. The second kappa shape index (κ2) is 9.30. The van der Waals surface area contributed by atoms with Crippen molar-refractivity contribution in [2.24, 2.45) is 5.92 Å². The van der Waals surface area contributed by atoms with E-state index in [2.05, 4.69) is 5.32 Å². The van der Waals surface area contributed by atoms with Crippen molar-refractivity contribution in [2.45, 2.75) is 32.8 Å². The van der Waals surface area contributed by atoms with Crippen molar-refractivity contribution in [1.29, 1.82) is 0 Å². The number of amides is 2. The molecule has 1 N–H and O–H groups in total. The van der Waals surface area contributed by atoms with Crippen molar-refractivity contribution in [3.63, 3.8) is 0 Å². The summed E-state index contributed by atoms with van der Waals surface area (Å²) < 4.78 is 16.4. The van der Waals surface area contributed by atoms with Crippen LogP contribution >= 0.6 is 0 Å². The summed E-state index contributed by atoms with van der Waals surface area (Å²) in [5.74, 6) is 1.45. The molecule has 2 aromatic rings. The van der Waals surface area contributed by atoms with Gasteiger partial charge in [-0.25, -0.2) is 0 Å². The number of hydrogen-bond donors (Lipinski definition) is 1. The Labute approximate surface area is 186 Å². The zero-order valence-corrected chi connectivity index (χ0v) is 18.1. The normalized spacial score (nSPS) is 16.4. The number of fused-ring (bicyclic) bond motifs is 1. The lowest BCUT2D eigenvalue weighted by Crippen LogP contribution is -2.46. The number of nitrogens with zero attached hydrogens (tertiary/aromatic N) is 1. The highest BCUT2D eigenvalue weighted by Gasteiger charge is 2.30. The van der Waals surface area contributed by atoms with E-state index in [-0.39, 0.29) is 30.3 Å². The van der Waals surface area contributed by atoms with Crippen LogP contribution in [0.4, 0.5) is 5.69 Å². The number of Topliss-reactive ketones (excluding diaryl/α,β-unsaturated/α-hetero) is 1. The van der Waals surface area contributed by atoms with E-state index in [1.54, 1.807) is 54.3 Å². The van der Waals surface area contributed by atoms with E-state index in [0.717, 1.165) is 0 Å². The number of carbonyl (C=O) groups is 3. The number of rotatable bonds is 6. The standard InChI is InChI=1S/C24H26N2O6/c1-15(27)17-3-6-20(7-4-17)32-16(2)24(29)26-11-9-18(10-12-26)23(28)25-19-5-8-21-22(13-19)31-14-30-21/h3-8,13,16,18H,9-12,14H2,1-2H3,(H,25,28)/t16-/m1/s1. The maximum absolute atomic E-state index is 12.8. The first-order valence-electron chi connectivity index (χ1n) is 10.7. The summed E-state index contributed by atoms with van der Waals surface area (Å²) in [5.41, 5.74) is 1.26. The molecule has 0 spiro atoms. The Morgan fingerprint density at radius 3 is 2.41 bits per heavy atom. The summed E-state index contributed by atoms with van der Waals surface area (Å²) in [6, 6.07) is 12.0. The van der Waals surface area contributed by atoms with Crippen molar-refractivity contribution in [1.82, 2.24) is 4.90 Å². The van der Waals surface area contributed by atoms with Crippen LogP contribution < -0.4 is 19.5 Å². The Kier molecular flexibility index (Phi) is 6.30. The molecule has 1 saturated heterocycles. The highest BCUT2D eigenvalue weighted by atomic mass is 16.7. The van der Waals surface area contributed by atoms with Gasteiger partial charge in [0.2, 0.25) is 12.7 Å². The average molecular weight is 438 g/mol. The van der Waals surface area contributed by atoms with Gasteiger partial charge in [-0.1, -0.05) is 0 Å². The van der Waals surface area contributed by atoms with Crippen molar-refractivity contribution in [2.75, 3.05) is 25.2 Å². The van der Waals surface area contributed by atoms with E-state index in [9.17, 15) is 14.4 Å². The first-order valence-corrected chi connectivity index (χ1v) is 10.7. The van der Waals surface area contributed by atoms with Gasteiger partial charge in [0.1, 0.15) is 5.75 Å². The molecular weight excluding hydrogens is 412 g/mol. The Morgan fingerprint density at radius 1 is 1.03 bits per heavy atom. The van der Waals surface area contributed by atoms with Gasteiger partial charge in [-0.2, -0.15) is 0 Å². The molecule has 0 radical (unpaired) electrons. The van der Waals surface area contributed by atoms with Crippen molar-refractivity contribution in [3.8, 4) is 17.2 Å². The van der Waals surface area contributed by atoms with Crippen LogP contribution in [0.5, 0.6) is 17.2 Å². The van der Waals surface area contributed by atoms with Gasteiger partial charge in [0.25, 0.3) is 5.91 Å². The molecule has 0 aromatic heterocycles. The second-order valence-corrected chi connectivity index (χ2v) is 8.00. The predicted molar refractivity (Wildman–Crippen MR) is 117 cm³/mol. The number of carbonyl (C=O) groups excluding carboxylic acids is 3. The van der Waals surface area contributed by atoms with E-state index in [1.807, 2.05) is 0 Å². The first kappa shape index (κ1) is 21.7. The lowest BCUT2D eigenvalue weighted by atomic mass is 9.95. The van der Waals surface area contributed by atoms with Gasteiger partial charge >= 0.3 is 0 Å². The zero-order chi connectivity index (χ0) is 22.7. The fraction of sp³-hybridized carbons (Fsp3) is 0.375. The minimum atomic E-state index is -0.655. The number of nitrogens with one attached hydrogen (secondary N) is 1. The number of likely N-dealkylation sites (tertiary alicyclic amines) is 1. The molecule has 1 fully saturated rings. The smallest absolute Gasteiger partial charge is 0.263 e. The zero-order valence-electron chi connectivity index (χ0n) is 18.1. The number of ether oxygens (including phenoxy) is 3. The predicted octanol–water partition coefficient (Wildman–Crippen LogP) is 3.26. The fourth-order valence-electron chi connectivity index (χ4n) is 3.86. The van der Waals surface area contributed by atoms with Crippen molar-refractivity contribution < 1.29 is 28.6 Å². The minimum absolute atomic E-state index is 0.0221. The lowest BCUT2D eigenvalue weighted by Gasteiger charge is -2.33. The summed E-state index contributed by atoms with van der Waals surface area (Å²) in [4.78, 5) is 38.5. The highest BCUT2D eigenvalue weighted by Crippen LogP contribution is 2.34. The molecule has 2 aliphatic heterocycles. The Balaban J connectivity index is 1.26. The topological polar surface area (TPSA) is 94.2 Å². The van der Waals surface area contributed by atoms with E-state index in [0.29, 0.717) is 54.4 Å². The van der Waals surface area contributed by atoms with Gasteiger partial charge in [0, 0.05) is 36.3 Å². The molecule has 2 aromatic carbocycles. The van der Waals surface area contributed by atoms with E-state index in [4.69, 9.17) is 14.2 Å². The van der Waals surface area contributed by atoms with Crippen LogP contribution in [-0.4, -0.2) is 48.5 Å². The molecule has 0 unspecified atom stereocenters. The minimum Gasteiger partial charge on any atom is -0.481 e. The lowest BCUT2D eigenvalue weighted by molar-refractivity contribution is -0.140. The number of ketones is 1. The Bertz CT molecular complexity index is 1010. The Hall–Kier alpha value is -3.55. The molecule has 2 amide bonds. The molecule has 168 valence electrons. The van der Waals surface area contributed by atoms with Gasteiger partial charge < -0.3 is 24.4 Å². The average Bonchev–Trinajstić information content (AvgIpc) is 3.27. The summed E-state index contributed by atoms with van der Waals surface area (Å²) in [6.07, 6.45) is 0.516. The van der Waals surface area contributed by atoms with Gasteiger partial charge in [0.15, 0.2) is 23.4 Å². The number of hydrogen-bond acceptors (Lipinski definition) is 6. The molecule has 2 aliphatic rings. The highest BCUT2D eigenvalue weighted by molar-refractivity contribution is 5.94. The third kappa shape index (κ3) is 4.85. The number of benzene rings is 2. The van der Waals surface area contributed by atoms with E-state index < -0.39 is 6.10 Å². The van der Waals surface area contributed by atoms with Crippen LogP contribution in [0.2, 0.25) is 0 Å². The summed E-state index contributed by atoms with van der Waals surface area (Å²) in [7, 11) is 0. The maximum Gasteiger partial charge on any atom is 0.263 e. The SMILES string of the molecule is CC(=O)c1ccc(O[C@H](C)C(=O)N2CCC(C(=O)Nc3ccc4c(c3)OCO4)CC2)cc1. The van der Waals surface area contributed by atoms with Gasteiger partial charge in [-0.15, -0.1) is 0 Å². The van der Waals surface area contributed by atoms with Crippen LogP contribution in [0.3, 0.4) is 0 Å². The quantitative estimate of drug-likeness (QED) is 0.696. The number of piperidine rings is 1. The molecule has 2 heterocycles. The summed E-state index contributed by atoms with van der Waals surface area (Å²) >= 11 is 0. The van der Waals surface area contributed by atoms with E-state index in [1.165, 1.54) is 6.92 Å². The monoisotopic (exact) mass is 438 g/mol. The van der Waals surface area contributed by atoms with Gasteiger partial charge in [0.05, 0.1) is 0 Å². The maximum atomic E-state index is 12.8. The second-order valence-electron chi connectivity index (χ2n) is 8.00. The Morgan fingerprint density at radius 2 is 1.72 bits per heavy atom. The molecule has 1 atom stereocenters. The van der Waals surface area contributed by atoms with Crippen molar-refractivity contribution >= 4 is 23.3 Å².